The number of hydrogen-bond donors (Lipinski definition) is 2. The zero-order valence-electron chi connectivity index (χ0n) is 5.09. The number of hydrogen-bond acceptors (Lipinski definition) is 2. The summed E-state index contributed by atoms with van der Waals surface area (Å²) in [4.78, 5) is 6.78. The first kappa shape index (κ1) is 8.39. The molecule has 0 aliphatic rings. The van der Waals surface area contributed by atoms with Crippen molar-refractivity contribution >= 4 is 11.0 Å². The molecule has 9 heavy (non-hydrogen) atoms. The predicted octanol–water partition coefficient (Wildman–Crippen LogP) is -0.470. The first-order chi connectivity index (χ1) is 3.93. The number of nitrogens with two attached hydrogens (primary N) is 1. The molecule has 4 radical (unpaired) electrons. The lowest BCUT2D eigenvalue weighted by Gasteiger charge is -1.86. The van der Waals surface area contributed by atoms with Gasteiger partial charge in [-0.2, -0.15) is 0 Å². The molecule has 0 aliphatic heterocycles. The largest absolute Gasteiger partial charge is 0.348 e. The molecule has 1 aromatic heterocycles. The maximum absolute atomic E-state index is 5.27. The maximum Gasteiger partial charge on any atom is 0.0921 e. The summed E-state index contributed by atoms with van der Waals surface area (Å²) >= 11 is 0. The van der Waals surface area contributed by atoms with Crippen LogP contribution in [-0.2, 0) is 6.42 Å². The Labute approximate surface area is 58.7 Å². The van der Waals surface area contributed by atoms with Crippen LogP contribution in [0.2, 0.25) is 0 Å². The summed E-state index contributed by atoms with van der Waals surface area (Å²) < 4.78 is 0. The van der Waals surface area contributed by atoms with E-state index in [-0.39, 0.29) is 11.0 Å². The number of nitrogens with zero attached hydrogens (tertiary/aromatic N) is 1. The van der Waals surface area contributed by atoms with Crippen molar-refractivity contribution in [2.45, 2.75) is 6.42 Å². The molecule has 0 saturated heterocycles. The lowest BCUT2D eigenvalue weighted by atomic mass is 10.3. The van der Waals surface area contributed by atoms with E-state index in [1.54, 1.807) is 12.5 Å². The quantitative estimate of drug-likeness (QED) is 0.544. The number of aromatic amines is 1. The average Bonchev–Trinajstić information content (AvgIpc) is 2.19. The molecule has 0 saturated carbocycles. The Balaban J connectivity index is 0.000000640. The Morgan fingerprint density at radius 1 is 1.67 bits per heavy atom. The van der Waals surface area contributed by atoms with E-state index in [9.17, 15) is 0 Å². The molecule has 0 unspecified atom stereocenters. The second kappa shape index (κ2) is 4.28. The van der Waals surface area contributed by atoms with Crippen LogP contribution in [0.3, 0.4) is 0 Å². The monoisotopic (exact) mass is 139 g/mol. The zero-order chi connectivity index (χ0) is 5.82. The molecular weight excluding hydrogens is 130 g/mol. The van der Waals surface area contributed by atoms with Gasteiger partial charge in [0.25, 0.3) is 0 Å². The molecule has 48 valence electrons. The molecule has 0 atom stereocenters. The first-order valence-corrected chi connectivity index (χ1v) is 2.61. The van der Waals surface area contributed by atoms with Gasteiger partial charge in [0.1, 0.15) is 0 Å². The van der Waals surface area contributed by atoms with Gasteiger partial charge in [-0.3, -0.25) is 0 Å². The van der Waals surface area contributed by atoms with Crippen LogP contribution in [0.15, 0.2) is 12.5 Å². The van der Waals surface area contributed by atoms with E-state index in [4.69, 9.17) is 5.73 Å². The molecule has 3 N–H and O–H groups in total. The fraction of sp³-hybridized carbons (Fsp3) is 0.400. The number of nitrogens with one attached hydrogen (secondary N) is 1. The first-order valence-electron chi connectivity index (χ1n) is 2.61. The Kier molecular flexibility index (Phi) is 3.99. The molecule has 0 bridgehead atoms. The number of H-pyrrole nitrogens is 1. The van der Waals surface area contributed by atoms with Gasteiger partial charge in [0.05, 0.1) is 6.33 Å². The Hall–Kier alpha value is -0.613. The predicted molar refractivity (Wildman–Crippen MR) is 37.1 cm³/mol. The normalized spacial score (nSPS) is 8.56. The third-order valence-electron chi connectivity index (χ3n) is 0.969. The van der Waals surface area contributed by atoms with Crippen LogP contribution in [0.4, 0.5) is 0 Å². The minimum Gasteiger partial charge on any atom is -0.348 e. The Morgan fingerprint density at radius 2 is 2.44 bits per heavy atom. The van der Waals surface area contributed by atoms with E-state index in [2.05, 4.69) is 9.97 Å². The molecule has 1 rings (SSSR count). The molecular formula is C5H9N3Si. The third-order valence-corrected chi connectivity index (χ3v) is 0.969. The highest BCUT2D eigenvalue weighted by Gasteiger charge is 1.86. The second-order valence-electron chi connectivity index (χ2n) is 1.62. The topological polar surface area (TPSA) is 54.7 Å². The minimum absolute atomic E-state index is 0. The summed E-state index contributed by atoms with van der Waals surface area (Å²) in [6.45, 7) is 0.683. The van der Waals surface area contributed by atoms with E-state index in [0.29, 0.717) is 6.54 Å². The highest BCUT2D eigenvalue weighted by molar-refractivity contribution is 5.75. The van der Waals surface area contributed by atoms with Crippen molar-refractivity contribution in [1.82, 2.24) is 9.97 Å². The van der Waals surface area contributed by atoms with Gasteiger partial charge in [-0.05, 0) is 6.54 Å². The van der Waals surface area contributed by atoms with Gasteiger partial charge in [0.15, 0.2) is 0 Å². The van der Waals surface area contributed by atoms with Gasteiger partial charge in [-0.25, -0.2) is 4.98 Å². The minimum atomic E-state index is 0. The fourth-order valence-corrected chi connectivity index (χ4v) is 0.577. The van der Waals surface area contributed by atoms with E-state index >= 15 is 0 Å². The highest BCUT2D eigenvalue weighted by Crippen LogP contribution is 1.88. The Bertz CT molecular complexity index is 138. The van der Waals surface area contributed by atoms with Gasteiger partial charge in [-0.1, -0.05) is 0 Å². The average molecular weight is 139 g/mol. The van der Waals surface area contributed by atoms with Crippen molar-refractivity contribution in [2.75, 3.05) is 6.54 Å². The van der Waals surface area contributed by atoms with Crippen LogP contribution in [0.1, 0.15) is 5.69 Å². The van der Waals surface area contributed by atoms with E-state index in [1.165, 1.54) is 0 Å². The van der Waals surface area contributed by atoms with Crippen LogP contribution < -0.4 is 5.73 Å². The molecule has 0 spiro atoms. The fourth-order valence-electron chi connectivity index (χ4n) is 0.577. The lowest BCUT2D eigenvalue weighted by molar-refractivity contribution is 0.935. The van der Waals surface area contributed by atoms with Crippen LogP contribution >= 0.6 is 0 Å². The van der Waals surface area contributed by atoms with Gasteiger partial charge in [0, 0.05) is 29.3 Å². The van der Waals surface area contributed by atoms with Gasteiger partial charge in [0.2, 0.25) is 0 Å². The summed E-state index contributed by atoms with van der Waals surface area (Å²) in [5.41, 5.74) is 6.38. The molecule has 0 amide bonds. The van der Waals surface area contributed by atoms with Crippen LogP contribution in [-0.4, -0.2) is 27.5 Å². The third kappa shape index (κ3) is 2.43. The van der Waals surface area contributed by atoms with E-state index < -0.39 is 0 Å². The molecule has 1 aromatic rings. The number of aromatic nitrogens is 2. The number of rotatable bonds is 2. The molecule has 1 heterocycles. The summed E-state index contributed by atoms with van der Waals surface area (Å²) in [5.74, 6) is 0. The van der Waals surface area contributed by atoms with Crippen molar-refractivity contribution in [1.29, 1.82) is 0 Å². The maximum atomic E-state index is 5.27. The van der Waals surface area contributed by atoms with Crippen LogP contribution in [0.5, 0.6) is 0 Å². The molecule has 0 aromatic carbocycles. The van der Waals surface area contributed by atoms with Gasteiger partial charge in [-0.15, -0.1) is 0 Å². The smallest absolute Gasteiger partial charge is 0.0921 e. The highest BCUT2D eigenvalue weighted by atomic mass is 28.1. The molecule has 4 heteroatoms. The van der Waals surface area contributed by atoms with Gasteiger partial charge < -0.3 is 10.7 Å². The van der Waals surface area contributed by atoms with Crippen molar-refractivity contribution in [3.8, 4) is 0 Å². The summed E-state index contributed by atoms with van der Waals surface area (Å²) in [5, 5.41) is 0. The zero-order valence-corrected chi connectivity index (χ0v) is 6.09. The van der Waals surface area contributed by atoms with Crippen LogP contribution in [0, 0.1) is 0 Å². The second-order valence-corrected chi connectivity index (χ2v) is 1.62. The molecule has 0 fully saturated rings. The molecule has 0 aliphatic carbocycles. The van der Waals surface area contributed by atoms with E-state index in [0.717, 1.165) is 12.1 Å². The summed E-state index contributed by atoms with van der Waals surface area (Å²) in [6.07, 6.45) is 4.33. The van der Waals surface area contributed by atoms with Gasteiger partial charge >= 0.3 is 0 Å². The Morgan fingerprint density at radius 3 is 2.89 bits per heavy atom. The number of imidazole rings is 1. The van der Waals surface area contributed by atoms with Crippen LogP contribution in [0.25, 0.3) is 0 Å². The summed E-state index contributed by atoms with van der Waals surface area (Å²) in [6, 6.07) is 0. The van der Waals surface area contributed by atoms with E-state index in [1.807, 2.05) is 0 Å². The SMILES string of the molecule is NCCc1cnc[nH]1.[Si]. The standard InChI is InChI=1S/C5H9N3.Si/c6-2-1-5-3-7-4-8-5;/h3-4H,1-2,6H2,(H,7,8);. The summed E-state index contributed by atoms with van der Waals surface area (Å²) in [7, 11) is 0. The lowest BCUT2D eigenvalue weighted by Crippen LogP contribution is -2.02. The van der Waals surface area contributed by atoms with Crippen molar-refractivity contribution in [3.05, 3.63) is 18.2 Å². The van der Waals surface area contributed by atoms with Crippen molar-refractivity contribution in [2.24, 2.45) is 5.73 Å². The molecule has 3 nitrogen and oxygen atoms in total. The van der Waals surface area contributed by atoms with Crippen molar-refractivity contribution in [3.63, 3.8) is 0 Å². The van der Waals surface area contributed by atoms with Crippen molar-refractivity contribution < 1.29 is 0 Å².